The van der Waals surface area contributed by atoms with Crippen LogP contribution in [-0.2, 0) is 6.18 Å². The van der Waals surface area contributed by atoms with Gasteiger partial charge in [0.25, 0.3) is 0 Å². The van der Waals surface area contributed by atoms with Crippen molar-refractivity contribution in [3.8, 4) is 0 Å². The van der Waals surface area contributed by atoms with Gasteiger partial charge in [0.2, 0.25) is 0 Å². The number of benzene rings is 1. The van der Waals surface area contributed by atoms with Gasteiger partial charge in [-0.05, 0) is 31.4 Å². The molecule has 7 heteroatoms. The number of carbonyl (C=O) groups is 1. The lowest BCUT2D eigenvalue weighted by molar-refractivity contribution is -0.137. The molecule has 0 fully saturated rings. The molecule has 2 amide bonds. The van der Waals surface area contributed by atoms with Crippen LogP contribution in [0.1, 0.15) is 37.8 Å². The first-order valence-electron chi connectivity index (χ1n) is 7.28. The molecule has 0 aromatic heterocycles. The van der Waals surface area contributed by atoms with Crippen molar-refractivity contribution < 1.29 is 23.1 Å². The van der Waals surface area contributed by atoms with Gasteiger partial charge >= 0.3 is 12.2 Å². The molecule has 4 nitrogen and oxygen atoms in total. The van der Waals surface area contributed by atoms with Crippen LogP contribution in [-0.4, -0.2) is 41.8 Å². The lowest BCUT2D eigenvalue weighted by Gasteiger charge is -2.26. The molecule has 1 atom stereocenters. The minimum Gasteiger partial charge on any atom is -0.389 e. The molecule has 0 heterocycles. The normalized spacial score (nSPS) is 13.6. The van der Waals surface area contributed by atoms with E-state index in [1.807, 2.05) is 0 Å². The minimum absolute atomic E-state index is 0.150. The monoisotopic (exact) mass is 332 g/mol. The summed E-state index contributed by atoms with van der Waals surface area (Å²) in [6.07, 6.45) is -4.38. The van der Waals surface area contributed by atoms with Gasteiger partial charge in [-0.2, -0.15) is 13.2 Å². The van der Waals surface area contributed by atoms with Crippen molar-refractivity contribution in [1.82, 2.24) is 10.2 Å². The Labute approximate surface area is 134 Å². The third kappa shape index (κ3) is 6.48. The molecule has 0 aliphatic heterocycles. The zero-order valence-corrected chi connectivity index (χ0v) is 13.7. The maximum absolute atomic E-state index is 12.7. The molecule has 23 heavy (non-hydrogen) atoms. The van der Waals surface area contributed by atoms with Crippen LogP contribution >= 0.6 is 0 Å². The largest absolute Gasteiger partial charge is 0.416 e. The molecule has 2 N–H and O–H groups in total. The Balaban J connectivity index is 2.63. The van der Waals surface area contributed by atoms with Crippen LogP contribution < -0.4 is 5.32 Å². The van der Waals surface area contributed by atoms with E-state index >= 15 is 0 Å². The highest BCUT2D eigenvalue weighted by molar-refractivity contribution is 5.74. The van der Waals surface area contributed by atoms with Gasteiger partial charge in [-0.25, -0.2) is 4.79 Å². The van der Waals surface area contributed by atoms with Crippen molar-refractivity contribution in [2.45, 2.75) is 38.5 Å². The molecule has 0 saturated heterocycles. The van der Waals surface area contributed by atoms with E-state index in [-0.39, 0.29) is 25.0 Å². The first-order valence-corrected chi connectivity index (χ1v) is 7.28. The van der Waals surface area contributed by atoms with E-state index < -0.39 is 17.3 Å². The average Bonchev–Trinajstić information content (AvgIpc) is 2.41. The number of hydrogen-bond acceptors (Lipinski definition) is 2. The van der Waals surface area contributed by atoms with Crippen LogP contribution in [0, 0.1) is 0 Å². The quantitative estimate of drug-likeness (QED) is 0.870. The molecule has 0 bridgehead atoms. The van der Waals surface area contributed by atoms with Crippen LogP contribution in [0.4, 0.5) is 18.0 Å². The molecule has 0 unspecified atom stereocenters. The number of nitrogens with zero attached hydrogens (tertiary/aromatic N) is 1. The van der Waals surface area contributed by atoms with E-state index in [1.165, 1.54) is 11.0 Å². The maximum atomic E-state index is 12.7. The maximum Gasteiger partial charge on any atom is 0.416 e. The van der Waals surface area contributed by atoms with Crippen molar-refractivity contribution in [2.75, 3.05) is 20.1 Å². The fourth-order valence-corrected chi connectivity index (χ4v) is 2.17. The van der Waals surface area contributed by atoms with Gasteiger partial charge in [0.1, 0.15) is 0 Å². The van der Waals surface area contributed by atoms with Crippen molar-refractivity contribution in [2.24, 2.45) is 0 Å². The third-order valence-electron chi connectivity index (χ3n) is 3.31. The second kappa shape index (κ2) is 7.21. The van der Waals surface area contributed by atoms with E-state index in [9.17, 15) is 23.1 Å². The topological polar surface area (TPSA) is 52.6 Å². The number of halogens is 3. The molecular formula is C16H23F3N2O2. The van der Waals surface area contributed by atoms with Crippen molar-refractivity contribution in [3.63, 3.8) is 0 Å². The molecule has 1 rings (SSSR count). The number of carbonyl (C=O) groups excluding carboxylic acids is 1. The molecule has 0 spiro atoms. The Morgan fingerprint density at radius 3 is 2.48 bits per heavy atom. The van der Waals surface area contributed by atoms with Gasteiger partial charge < -0.3 is 15.3 Å². The van der Waals surface area contributed by atoms with Crippen molar-refractivity contribution in [1.29, 1.82) is 0 Å². The van der Waals surface area contributed by atoms with Crippen LogP contribution in [0.15, 0.2) is 24.3 Å². The molecular weight excluding hydrogens is 309 g/mol. The lowest BCUT2D eigenvalue weighted by atomic mass is 9.99. The standard InChI is InChI=1S/C16H23F3N2O2/c1-11(9-20-14(22)21(4)10-15(2,3)23)12-6-5-7-13(8-12)16(17,18)19/h5-8,11,23H,9-10H2,1-4H3,(H,20,22)/t11-/m0/s1. The van der Waals surface area contributed by atoms with Crippen molar-refractivity contribution >= 4 is 6.03 Å². The number of likely N-dealkylation sites (N-methyl/N-ethyl adjacent to an activating group) is 1. The van der Waals surface area contributed by atoms with Crippen LogP contribution in [0.3, 0.4) is 0 Å². The number of hydrogen-bond donors (Lipinski definition) is 2. The lowest BCUT2D eigenvalue weighted by Crippen LogP contribution is -2.45. The third-order valence-corrected chi connectivity index (χ3v) is 3.31. The highest BCUT2D eigenvalue weighted by Crippen LogP contribution is 2.30. The fraction of sp³-hybridized carbons (Fsp3) is 0.562. The summed E-state index contributed by atoms with van der Waals surface area (Å²) in [4.78, 5) is 13.2. The minimum atomic E-state index is -4.38. The Kier molecular flexibility index (Phi) is 6.04. The first-order chi connectivity index (χ1) is 10.4. The molecule has 130 valence electrons. The molecule has 0 aliphatic rings. The van der Waals surface area contributed by atoms with Gasteiger partial charge in [0.05, 0.1) is 17.7 Å². The summed E-state index contributed by atoms with van der Waals surface area (Å²) in [6, 6.07) is 4.69. The second-order valence-corrected chi connectivity index (χ2v) is 6.38. The SMILES string of the molecule is C[C@@H](CNC(=O)N(C)CC(C)(C)O)c1cccc(C(F)(F)F)c1. The summed E-state index contributed by atoms with van der Waals surface area (Å²) in [5.41, 5.74) is -1.21. The van der Waals surface area contributed by atoms with E-state index in [0.717, 1.165) is 12.1 Å². The van der Waals surface area contributed by atoms with Crippen molar-refractivity contribution in [3.05, 3.63) is 35.4 Å². The zero-order valence-electron chi connectivity index (χ0n) is 13.7. The summed E-state index contributed by atoms with van der Waals surface area (Å²) in [6.45, 7) is 5.27. The fourth-order valence-electron chi connectivity index (χ4n) is 2.17. The molecule has 0 saturated carbocycles. The summed E-state index contributed by atoms with van der Waals surface area (Å²) < 4.78 is 38.1. The van der Waals surface area contributed by atoms with Crippen LogP contribution in [0.25, 0.3) is 0 Å². The van der Waals surface area contributed by atoms with E-state index in [2.05, 4.69) is 5.32 Å². The predicted molar refractivity (Wildman–Crippen MR) is 82.2 cm³/mol. The Morgan fingerprint density at radius 2 is 1.96 bits per heavy atom. The summed E-state index contributed by atoms with van der Waals surface area (Å²) >= 11 is 0. The summed E-state index contributed by atoms with van der Waals surface area (Å²) in [5.74, 6) is -0.267. The molecule has 1 aromatic rings. The van der Waals surface area contributed by atoms with Gasteiger partial charge in [0.15, 0.2) is 0 Å². The van der Waals surface area contributed by atoms with Crippen LogP contribution in [0.5, 0.6) is 0 Å². The van der Waals surface area contributed by atoms with Gasteiger partial charge in [-0.1, -0.05) is 25.1 Å². The average molecular weight is 332 g/mol. The van der Waals surface area contributed by atoms with E-state index in [1.54, 1.807) is 33.9 Å². The zero-order chi connectivity index (χ0) is 17.8. The number of aliphatic hydroxyl groups is 1. The number of rotatable bonds is 5. The second-order valence-electron chi connectivity index (χ2n) is 6.38. The molecule has 0 aliphatic carbocycles. The van der Waals surface area contributed by atoms with Gasteiger partial charge in [-0.3, -0.25) is 0 Å². The predicted octanol–water partition coefficient (Wildman–Crippen LogP) is 3.22. The van der Waals surface area contributed by atoms with Gasteiger partial charge in [0, 0.05) is 13.6 Å². The molecule has 1 aromatic carbocycles. The highest BCUT2D eigenvalue weighted by Gasteiger charge is 2.30. The smallest absolute Gasteiger partial charge is 0.389 e. The Morgan fingerprint density at radius 1 is 1.35 bits per heavy atom. The van der Waals surface area contributed by atoms with E-state index in [0.29, 0.717) is 5.56 Å². The summed E-state index contributed by atoms with van der Waals surface area (Å²) in [7, 11) is 1.54. The summed E-state index contributed by atoms with van der Waals surface area (Å²) in [5, 5.41) is 12.3. The number of urea groups is 1. The van der Waals surface area contributed by atoms with Crippen LogP contribution in [0.2, 0.25) is 0 Å². The van der Waals surface area contributed by atoms with Gasteiger partial charge in [-0.15, -0.1) is 0 Å². The number of amides is 2. The number of nitrogens with one attached hydrogen (secondary N) is 1. The Bertz CT molecular complexity index is 539. The van der Waals surface area contributed by atoms with E-state index in [4.69, 9.17) is 0 Å². The molecule has 0 radical (unpaired) electrons. The number of alkyl halides is 3. The Hall–Kier alpha value is -1.76. The highest BCUT2D eigenvalue weighted by atomic mass is 19.4. The first kappa shape index (κ1) is 19.3.